The summed E-state index contributed by atoms with van der Waals surface area (Å²) in [5, 5.41) is 5.48. The quantitative estimate of drug-likeness (QED) is 0.840. The standard InChI is InChI=1S/C18H23N3OS2/c23-18(19-12-13-6-5-11-22-13)21-10-4-3-8-15(21)17-20-14-7-1-2-9-16(14)24-17/h1-2,7,9,13,15H,3-6,8,10-12H2,(H,19,23)/t13-,15+/m1/s1. The molecule has 3 heterocycles. The van der Waals surface area contributed by atoms with Crippen LogP contribution >= 0.6 is 23.6 Å². The molecule has 0 amide bonds. The van der Waals surface area contributed by atoms with Crippen LogP contribution in [0.4, 0.5) is 0 Å². The SMILES string of the molecule is S=C(NC[C@H]1CCCO1)N1CCCC[C@H]1c1nc2ccccc2s1. The van der Waals surface area contributed by atoms with E-state index in [0.717, 1.165) is 49.6 Å². The zero-order valence-corrected chi connectivity index (χ0v) is 15.4. The van der Waals surface area contributed by atoms with Crippen molar-refractivity contribution in [3.8, 4) is 0 Å². The first-order valence-electron chi connectivity index (χ1n) is 8.83. The molecule has 24 heavy (non-hydrogen) atoms. The Morgan fingerprint density at radius 3 is 3.04 bits per heavy atom. The van der Waals surface area contributed by atoms with Gasteiger partial charge in [0.2, 0.25) is 0 Å². The van der Waals surface area contributed by atoms with Crippen molar-refractivity contribution in [1.82, 2.24) is 15.2 Å². The van der Waals surface area contributed by atoms with E-state index < -0.39 is 0 Å². The normalized spacial score (nSPS) is 24.4. The summed E-state index contributed by atoms with van der Waals surface area (Å²) >= 11 is 7.51. The maximum Gasteiger partial charge on any atom is 0.169 e. The monoisotopic (exact) mass is 361 g/mol. The van der Waals surface area contributed by atoms with Crippen LogP contribution in [-0.4, -0.2) is 40.8 Å². The van der Waals surface area contributed by atoms with Gasteiger partial charge in [-0.3, -0.25) is 0 Å². The van der Waals surface area contributed by atoms with Crippen molar-refractivity contribution in [2.24, 2.45) is 0 Å². The highest BCUT2D eigenvalue weighted by atomic mass is 32.1. The van der Waals surface area contributed by atoms with Gasteiger partial charge in [-0.2, -0.15) is 0 Å². The number of nitrogens with zero attached hydrogens (tertiary/aromatic N) is 2. The van der Waals surface area contributed by atoms with Gasteiger partial charge in [0.25, 0.3) is 0 Å². The average molecular weight is 362 g/mol. The molecule has 2 atom stereocenters. The fourth-order valence-corrected chi connectivity index (χ4v) is 4.99. The molecule has 1 aromatic heterocycles. The van der Waals surface area contributed by atoms with Gasteiger partial charge < -0.3 is 15.0 Å². The molecule has 0 unspecified atom stereocenters. The number of piperidine rings is 1. The highest BCUT2D eigenvalue weighted by molar-refractivity contribution is 7.80. The van der Waals surface area contributed by atoms with Crippen molar-refractivity contribution in [1.29, 1.82) is 0 Å². The van der Waals surface area contributed by atoms with Crippen LogP contribution in [0.15, 0.2) is 24.3 Å². The highest BCUT2D eigenvalue weighted by Crippen LogP contribution is 2.35. The summed E-state index contributed by atoms with van der Waals surface area (Å²) in [6, 6.07) is 8.68. The minimum atomic E-state index is 0.306. The van der Waals surface area contributed by atoms with Crippen LogP contribution < -0.4 is 5.32 Å². The predicted molar refractivity (Wildman–Crippen MR) is 102 cm³/mol. The number of thiocarbonyl (C=S) groups is 1. The van der Waals surface area contributed by atoms with Crippen LogP contribution in [0.2, 0.25) is 0 Å². The number of likely N-dealkylation sites (tertiary alicyclic amines) is 1. The first-order chi connectivity index (χ1) is 11.8. The summed E-state index contributed by atoms with van der Waals surface area (Å²) in [6.07, 6.45) is 6.18. The lowest BCUT2D eigenvalue weighted by Crippen LogP contribution is -2.46. The zero-order valence-electron chi connectivity index (χ0n) is 13.7. The minimum Gasteiger partial charge on any atom is -0.376 e. The molecule has 1 N–H and O–H groups in total. The molecule has 128 valence electrons. The number of rotatable bonds is 3. The lowest BCUT2D eigenvalue weighted by atomic mass is 10.0. The topological polar surface area (TPSA) is 37.4 Å². The number of para-hydroxylation sites is 1. The second-order valence-electron chi connectivity index (χ2n) is 6.55. The van der Waals surface area contributed by atoms with Crippen LogP contribution in [0.5, 0.6) is 0 Å². The molecule has 2 aliphatic heterocycles. The Morgan fingerprint density at radius 1 is 1.29 bits per heavy atom. The van der Waals surface area contributed by atoms with Gasteiger partial charge in [-0.25, -0.2) is 4.98 Å². The van der Waals surface area contributed by atoms with Crippen molar-refractivity contribution in [2.75, 3.05) is 19.7 Å². The molecule has 6 heteroatoms. The number of nitrogens with one attached hydrogen (secondary N) is 1. The Morgan fingerprint density at radius 2 is 2.21 bits per heavy atom. The lowest BCUT2D eigenvalue weighted by Gasteiger charge is -2.36. The molecule has 4 nitrogen and oxygen atoms in total. The molecular weight excluding hydrogens is 338 g/mol. The number of ether oxygens (including phenoxy) is 1. The third-order valence-corrected chi connectivity index (χ3v) is 6.38. The van der Waals surface area contributed by atoms with Crippen molar-refractivity contribution >= 4 is 38.9 Å². The van der Waals surface area contributed by atoms with Crippen molar-refractivity contribution in [3.05, 3.63) is 29.3 Å². The van der Waals surface area contributed by atoms with E-state index in [2.05, 4.69) is 34.5 Å². The Balaban J connectivity index is 1.48. The Bertz CT molecular complexity index is 678. The first kappa shape index (κ1) is 16.2. The van der Waals surface area contributed by atoms with Crippen molar-refractivity contribution in [3.63, 3.8) is 0 Å². The van der Waals surface area contributed by atoms with Crippen LogP contribution in [0.25, 0.3) is 10.2 Å². The molecule has 2 aliphatic rings. The molecular formula is C18H23N3OS2. The third kappa shape index (κ3) is 3.41. The van der Waals surface area contributed by atoms with Gasteiger partial charge >= 0.3 is 0 Å². The summed E-state index contributed by atoms with van der Waals surface area (Å²) in [7, 11) is 0. The fourth-order valence-electron chi connectivity index (χ4n) is 3.57. The van der Waals surface area contributed by atoms with E-state index in [1.165, 1.54) is 22.5 Å². The van der Waals surface area contributed by atoms with Gasteiger partial charge in [0.1, 0.15) is 5.01 Å². The molecule has 0 saturated carbocycles. The molecule has 2 saturated heterocycles. The molecule has 0 radical (unpaired) electrons. The van der Waals surface area contributed by atoms with Gasteiger partial charge in [-0.05, 0) is 56.5 Å². The number of benzene rings is 1. The van der Waals surface area contributed by atoms with Crippen LogP contribution in [-0.2, 0) is 4.74 Å². The Kier molecular flexibility index (Phi) is 4.96. The zero-order chi connectivity index (χ0) is 16.4. The molecule has 0 bridgehead atoms. The smallest absolute Gasteiger partial charge is 0.169 e. The van der Waals surface area contributed by atoms with Crippen molar-refractivity contribution in [2.45, 2.75) is 44.2 Å². The number of hydrogen-bond donors (Lipinski definition) is 1. The minimum absolute atomic E-state index is 0.306. The molecule has 0 spiro atoms. The van der Waals surface area contributed by atoms with Crippen LogP contribution in [0.1, 0.15) is 43.2 Å². The third-order valence-electron chi connectivity index (χ3n) is 4.86. The predicted octanol–water partition coefficient (Wildman–Crippen LogP) is 3.88. The summed E-state index contributed by atoms with van der Waals surface area (Å²) in [4.78, 5) is 7.21. The average Bonchev–Trinajstić information content (AvgIpc) is 3.29. The van der Waals surface area contributed by atoms with Gasteiger partial charge in [0, 0.05) is 19.7 Å². The lowest BCUT2D eigenvalue weighted by molar-refractivity contribution is 0.112. The largest absolute Gasteiger partial charge is 0.376 e. The summed E-state index contributed by atoms with van der Waals surface area (Å²) in [5.41, 5.74) is 1.10. The molecule has 2 aromatic rings. The van der Waals surface area contributed by atoms with Crippen LogP contribution in [0.3, 0.4) is 0 Å². The first-order valence-corrected chi connectivity index (χ1v) is 10.1. The Hall–Kier alpha value is -1.24. The van der Waals surface area contributed by atoms with E-state index in [-0.39, 0.29) is 0 Å². The molecule has 2 fully saturated rings. The van der Waals surface area contributed by atoms with Gasteiger partial charge in [-0.15, -0.1) is 11.3 Å². The number of hydrogen-bond acceptors (Lipinski definition) is 4. The number of fused-ring (bicyclic) bond motifs is 1. The van der Waals surface area contributed by atoms with E-state index in [0.29, 0.717) is 12.1 Å². The molecule has 1 aromatic carbocycles. The van der Waals surface area contributed by atoms with Gasteiger partial charge in [-0.1, -0.05) is 12.1 Å². The van der Waals surface area contributed by atoms with Gasteiger partial charge in [0.15, 0.2) is 5.11 Å². The maximum atomic E-state index is 5.70. The fraction of sp³-hybridized carbons (Fsp3) is 0.556. The maximum absolute atomic E-state index is 5.70. The van der Waals surface area contributed by atoms with Gasteiger partial charge in [0.05, 0.1) is 22.4 Å². The van der Waals surface area contributed by atoms with E-state index >= 15 is 0 Å². The number of thiazole rings is 1. The summed E-state index contributed by atoms with van der Waals surface area (Å²) in [6.45, 7) is 2.72. The highest BCUT2D eigenvalue weighted by Gasteiger charge is 2.29. The molecule has 0 aliphatic carbocycles. The van der Waals surface area contributed by atoms with Crippen LogP contribution in [0, 0.1) is 0 Å². The van der Waals surface area contributed by atoms with E-state index in [4.69, 9.17) is 21.9 Å². The summed E-state index contributed by atoms with van der Waals surface area (Å²) in [5.74, 6) is 0. The second-order valence-corrected chi connectivity index (χ2v) is 7.99. The summed E-state index contributed by atoms with van der Waals surface area (Å²) < 4.78 is 6.95. The molecule has 4 rings (SSSR count). The van der Waals surface area contributed by atoms with Crippen molar-refractivity contribution < 1.29 is 4.74 Å². The van der Waals surface area contributed by atoms with E-state index in [1.807, 2.05) is 0 Å². The van der Waals surface area contributed by atoms with E-state index in [1.54, 1.807) is 11.3 Å². The second kappa shape index (κ2) is 7.33. The number of aromatic nitrogens is 1. The van der Waals surface area contributed by atoms with E-state index in [9.17, 15) is 0 Å². The Labute approximate surface area is 152 Å².